The zero-order chi connectivity index (χ0) is 14.6. The molecule has 106 valence electrons. The molecule has 0 aromatic heterocycles. The van der Waals surface area contributed by atoms with Crippen LogP contribution in [-0.2, 0) is 0 Å². The van der Waals surface area contributed by atoms with E-state index < -0.39 is 23.1 Å². The van der Waals surface area contributed by atoms with Crippen molar-refractivity contribution in [2.45, 2.75) is 39.2 Å². The van der Waals surface area contributed by atoms with Crippen molar-refractivity contribution >= 4 is 5.91 Å². The number of hydrogen-bond donors (Lipinski definition) is 2. The molecule has 0 bridgehead atoms. The topological polar surface area (TPSA) is 49.3 Å². The van der Waals surface area contributed by atoms with Crippen LogP contribution in [0, 0.1) is 18.6 Å². The Balaban J connectivity index is 2.77. The van der Waals surface area contributed by atoms with Gasteiger partial charge in [-0.15, -0.1) is 0 Å². The molecule has 3 nitrogen and oxygen atoms in total. The fourth-order valence-electron chi connectivity index (χ4n) is 1.82. The average Bonchev–Trinajstić information content (AvgIpc) is 2.31. The van der Waals surface area contributed by atoms with E-state index in [4.69, 9.17) is 0 Å². The fraction of sp³-hybridized carbons (Fsp3) is 0.500. The molecule has 19 heavy (non-hydrogen) atoms. The molecular formula is C14H19F2NO2. The second-order valence-electron chi connectivity index (χ2n) is 5.01. The highest BCUT2D eigenvalue weighted by Crippen LogP contribution is 2.15. The molecule has 1 rings (SSSR count). The van der Waals surface area contributed by atoms with Crippen molar-refractivity contribution in [3.8, 4) is 0 Å². The molecule has 1 amide bonds. The Hall–Kier alpha value is -1.49. The van der Waals surface area contributed by atoms with E-state index in [1.165, 1.54) is 6.92 Å². The Morgan fingerprint density at radius 3 is 2.58 bits per heavy atom. The van der Waals surface area contributed by atoms with Crippen LogP contribution in [0.2, 0.25) is 0 Å². The Bertz CT molecular complexity index is 473. The van der Waals surface area contributed by atoms with Crippen LogP contribution in [0.5, 0.6) is 0 Å². The Kier molecular flexibility index (Phi) is 5.00. The molecule has 0 radical (unpaired) electrons. The van der Waals surface area contributed by atoms with Crippen molar-refractivity contribution in [2.24, 2.45) is 0 Å². The highest BCUT2D eigenvalue weighted by atomic mass is 19.1. The van der Waals surface area contributed by atoms with Gasteiger partial charge >= 0.3 is 0 Å². The van der Waals surface area contributed by atoms with Crippen LogP contribution in [0.15, 0.2) is 12.1 Å². The van der Waals surface area contributed by atoms with E-state index in [2.05, 4.69) is 5.32 Å². The van der Waals surface area contributed by atoms with E-state index in [1.807, 2.05) is 6.92 Å². The highest BCUT2D eigenvalue weighted by molar-refractivity contribution is 5.94. The maximum absolute atomic E-state index is 13.5. The van der Waals surface area contributed by atoms with Gasteiger partial charge in [0.05, 0.1) is 11.2 Å². The molecule has 0 aliphatic heterocycles. The Labute approximate surface area is 111 Å². The summed E-state index contributed by atoms with van der Waals surface area (Å²) in [6, 6.07) is 1.85. The van der Waals surface area contributed by atoms with Crippen molar-refractivity contribution in [1.29, 1.82) is 0 Å². The molecule has 0 spiro atoms. The van der Waals surface area contributed by atoms with Gasteiger partial charge in [-0.05, 0) is 31.9 Å². The number of benzene rings is 1. The molecule has 1 atom stereocenters. The van der Waals surface area contributed by atoms with Crippen LogP contribution in [0.25, 0.3) is 0 Å². The van der Waals surface area contributed by atoms with Crippen LogP contribution in [0.4, 0.5) is 8.78 Å². The number of carbonyl (C=O) groups excluding carboxylic acids is 1. The predicted molar refractivity (Wildman–Crippen MR) is 69.0 cm³/mol. The number of amides is 1. The quantitative estimate of drug-likeness (QED) is 0.864. The summed E-state index contributed by atoms with van der Waals surface area (Å²) < 4.78 is 26.6. The molecule has 0 saturated heterocycles. The number of aryl methyl sites for hydroxylation is 1. The summed E-state index contributed by atoms with van der Waals surface area (Å²) in [5, 5.41) is 12.4. The summed E-state index contributed by atoms with van der Waals surface area (Å²) in [6.07, 6.45) is 1.30. The number of nitrogens with one attached hydrogen (secondary N) is 1. The SMILES string of the molecule is CCCC(C)(O)CNC(=O)c1cc(C)c(F)cc1F. The lowest BCUT2D eigenvalue weighted by Crippen LogP contribution is -2.40. The van der Waals surface area contributed by atoms with Gasteiger partial charge in [-0.1, -0.05) is 13.3 Å². The minimum absolute atomic E-state index is 0.0234. The molecule has 1 aromatic carbocycles. The van der Waals surface area contributed by atoms with Crippen molar-refractivity contribution in [3.63, 3.8) is 0 Å². The van der Waals surface area contributed by atoms with Gasteiger partial charge in [0.25, 0.3) is 5.91 Å². The number of hydrogen-bond acceptors (Lipinski definition) is 2. The minimum atomic E-state index is -1.03. The van der Waals surface area contributed by atoms with E-state index in [1.54, 1.807) is 6.92 Å². The maximum atomic E-state index is 13.5. The van der Waals surface area contributed by atoms with E-state index >= 15 is 0 Å². The first-order valence-electron chi connectivity index (χ1n) is 6.23. The molecule has 5 heteroatoms. The molecule has 0 heterocycles. The van der Waals surface area contributed by atoms with Crippen molar-refractivity contribution in [3.05, 3.63) is 34.9 Å². The lowest BCUT2D eigenvalue weighted by atomic mass is 10.0. The molecule has 1 unspecified atom stereocenters. The van der Waals surface area contributed by atoms with Gasteiger partial charge in [0, 0.05) is 12.6 Å². The molecular weight excluding hydrogens is 252 g/mol. The third-order valence-electron chi connectivity index (χ3n) is 2.91. The molecule has 1 aromatic rings. The number of rotatable bonds is 5. The van der Waals surface area contributed by atoms with Gasteiger partial charge in [-0.25, -0.2) is 8.78 Å². The number of aliphatic hydroxyl groups is 1. The normalized spacial score (nSPS) is 14.0. The maximum Gasteiger partial charge on any atom is 0.254 e. The van der Waals surface area contributed by atoms with Gasteiger partial charge < -0.3 is 10.4 Å². The van der Waals surface area contributed by atoms with E-state index in [0.717, 1.165) is 12.5 Å². The van der Waals surface area contributed by atoms with E-state index in [9.17, 15) is 18.7 Å². The molecule has 0 aliphatic carbocycles. The Morgan fingerprint density at radius 1 is 1.37 bits per heavy atom. The largest absolute Gasteiger partial charge is 0.388 e. The molecule has 0 fully saturated rings. The van der Waals surface area contributed by atoms with Crippen LogP contribution in [0.1, 0.15) is 42.6 Å². The second kappa shape index (κ2) is 6.10. The molecule has 0 aliphatic rings. The van der Waals surface area contributed by atoms with Gasteiger partial charge in [0.1, 0.15) is 11.6 Å². The summed E-state index contributed by atoms with van der Waals surface area (Å²) in [7, 11) is 0. The van der Waals surface area contributed by atoms with Gasteiger partial charge in [-0.2, -0.15) is 0 Å². The first kappa shape index (κ1) is 15.6. The standard InChI is InChI=1S/C14H19F2NO2/c1-4-5-14(3,19)8-17-13(18)10-6-9(2)11(15)7-12(10)16/h6-7,19H,4-5,8H2,1-3H3,(H,17,18). The fourth-order valence-corrected chi connectivity index (χ4v) is 1.82. The third-order valence-corrected chi connectivity index (χ3v) is 2.91. The summed E-state index contributed by atoms with van der Waals surface area (Å²) in [5.41, 5.74) is -1.05. The summed E-state index contributed by atoms with van der Waals surface area (Å²) >= 11 is 0. The van der Waals surface area contributed by atoms with Crippen molar-refractivity contribution < 1.29 is 18.7 Å². The van der Waals surface area contributed by atoms with Gasteiger partial charge in [0.2, 0.25) is 0 Å². The lowest BCUT2D eigenvalue weighted by molar-refractivity contribution is 0.0468. The van der Waals surface area contributed by atoms with Crippen LogP contribution >= 0.6 is 0 Å². The second-order valence-corrected chi connectivity index (χ2v) is 5.01. The van der Waals surface area contributed by atoms with Crippen molar-refractivity contribution in [2.75, 3.05) is 6.54 Å². The van der Waals surface area contributed by atoms with Gasteiger partial charge in [-0.3, -0.25) is 4.79 Å². The van der Waals surface area contributed by atoms with E-state index in [-0.39, 0.29) is 17.7 Å². The zero-order valence-corrected chi connectivity index (χ0v) is 11.4. The lowest BCUT2D eigenvalue weighted by Gasteiger charge is -2.23. The predicted octanol–water partition coefficient (Wildman–Crippen LogP) is 2.55. The summed E-state index contributed by atoms with van der Waals surface area (Å²) in [5.74, 6) is -2.25. The average molecular weight is 271 g/mol. The third kappa shape index (κ3) is 4.28. The Morgan fingerprint density at radius 2 is 2.00 bits per heavy atom. The van der Waals surface area contributed by atoms with Gasteiger partial charge in [0.15, 0.2) is 0 Å². The molecule has 0 saturated carbocycles. The summed E-state index contributed by atoms with van der Waals surface area (Å²) in [4.78, 5) is 11.8. The van der Waals surface area contributed by atoms with Crippen LogP contribution in [0.3, 0.4) is 0 Å². The first-order chi connectivity index (χ1) is 8.76. The minimum Gasteiger partial charge on any atom is -0.388 e. The van der Waals surface area contributed by atoms with Crippen LogP contribution in [-0.4, -0.2) is 23.2 Å². The monoisotopic (exact) mass is 271 g/mol. The van der Waals surface area contributed by atoms with E-state index in [0.29, 0.717) is 12.5 Å². The zero-order valence-electron chi connectivity index (χ0n) is 11.4. The highest BCUT2D eigenvalue weighted by Gasteiger charge is 2.21. The van der Waals surface area contributed by atoms with Crippen molar-refractivity contribution in [1.82, 2.24) is 5.32 Å². The van der Waals surface area contributed by atoms with Crippen LogP contribution < -0.4 is 5.32 Å². The first-order valence-corrected chi connectivity index (χ1v) is 6.23. The smallest absolute Gasteiger partial charge is 0.254 e. The number of halogens is 2. The molecule has 2 N–H and O–H groups in total. The summed E-state index contributed by atoms with van der Waals surface area (Å²) in [6.45, 7) is 5.00. The number of carbonyl (C=O) groups is 1.